The molecule has 28 heavy (non-hydrogen) atoms. The largest absolute Gasteiger partial charge is 0.387 e. The van der Waals surface area contributed by atoms with Crippen LogP contribution in [0.2, 0.25) is 0 Å². The van der Waals surface area contributed by atoms with E-state index < -0.39 is 34.1 Å². The summed E-state index contributed by atoms with van der Waals surface area (Å²) >= 11 is 0. The minimum Gasteiger partial charge on any atom is -0.387 e. The van der Waals surface area contributed by atoms with Gasteiger partial charge in [0.05, 0.1) is 17.4 Å². The summed E-state index contributed by atoms with van der Waals surface area (Å²) in [6.45, 7) is 14.2. The average molecular weight is 389 g/mol. The second-order valence-electron chi connectivity index (χ2n) is 11.6. The van der Waals surface area contributed by atoms with Crippen molar-refractivity contribution in [3.63, 3.8) is 0 Å². The molecule has 2 aliphatic heterocycles. The number of carbonyl (C=O) groups is 2. The number of aliphatic hydroxyl groups is 2. The van der Waals surface area contributed by atoms with Crippen molar-refractivity contribution in [3.05, 3.63) is 12.2 Å². The maximum atomic E-state index is 14.0. The van der Waals surface area contributed by atoms with E-state index in [1.54, 1.807) is 0 Å². The van der Waals surface area contributed by atoms with Crippen molar-refractivity contribution in [2.24, 2.45) is 45.3 Å². The van der Waals surface area contributed by atoms with Gasteiger partial charge in [-0.05, 0) is 48.0 Å². The van der Waals surface area contributed by atoms with E-state index in [4.69, 9.17) is 4.74 Å². The summed E-state index contributed by atoms with van der Waals surface area (Å²) in [7, 11) is 0. The molecule has 4 aliphatic carbocycles. The lowest BCUT2D eigenvalue weighted by atomic mass is 9.33. The molecule has 0 aromatic heterocycles. The highest BCUT2D eigenvalue weighted by molar-refractivity contribution is 6.06. The van der Waals surface area contributed by atoms with Gasteiger partial charge in [0.1, 0.15) is 11.9 Å². The lowest BCUT2D eigenvalue weighted by molar-refractivity contribution is -0.436. The second-order valence-corrected chi connectivity index (χ2v) is 11.6. The van der Waals surface area contributed by atoms with Crippen molar-refractivity contribution in [2.45, 2.75) is 65.8 Å². The van der Waals surface area contributed by atoms with Crippen LogP contribution in [0.25, 0.3) is 0 Å². The topological polar surface area (TPSA) is 83.8 Å². The first kappa shape index (κ1) is 19.0. The van der Waals surface area contributed by atoms with E-state index in [0.717, 1.165) is 6.42 Å². The van der Waals surface area contributed by atoms with Crippen LogP contribution < -0.4 is 0 Å². The fraction of sp³-hybridized carbons (Fsp3) is 0.826. The Kier molecular flexibility index (Phi) is 3.26. The Morgan fingerprint density at radius 3 is 2.43 bits per heavy atom. The first-order chi connectivity index (χ1) is 12.8. The number of ketones is 2. The van der Waals surface area contributed by atoms with Gasteiger partial charge in [-0.2, -0.15) is 0 Å². The molecule has 8 atom stereocenters. The number of hydrogen-bond acceptors (Lipinski definition) is 5. The summed E-state index contributed by atoms with van der Waals surface area (Å²) in [5.74, 6) is -3.04. The Balaban J connectivity index is 1.84. The van der Waals surface area contributed by atoms with Crippen molar-refractivity contribution in [1.82, 2.24) is 0 Å². The lowest BCUT2D eigenvalue weighted by Gasteiger charge is -2.74. The summed E-state index contributed by atoms with van der Waals surface area (Å²) in [6.07, 6.45) is 0.847. The number of Topliss-reactive ketones (excluding diaryl/α,β-unsaturated/α-hetero) is 2. The zero-order valence-electron chi connectivity index (χ0n) is 17.5. The lowest BCUT2D eigenvalue weighted by Crippen LogP contribution is -2.85. The van der Waals surface area contributed by atoms with Crippen LogP contribution in [0, 0.1) is 45.3 Å². The van der Waals surface area contributed by atoms with Gasteiger partial charge in [0.15, 0.2) is 5.78 Å². The van der Waals surface area contributed by atoms with Crippen molar-refractivity contribution < 1.29 is 24.5 Å². The van der Waals surface area contributed by atoms with E-state index >= 15 is 0 Å². The Hall–Kier alpha value is -1.04. The summed E-state index contributed by atoms with van der Waals surface area (Å²) in [5, 5.41) is 23.4. The molecule has 6 fully saturated rings. The van der Waals surface area contributed by atoms with Gasteiger partial charge >= 0.3 is 0 Å². The summed E-state index contributed by atoms with van der Waals surface area (Å²) in [6, 6.07) is 0. The third-order valence-electron chi connectivity index (χ3n) is 9.55. The second kappa shape index (κ2) is 4.81. The van der Waals surface area contributed by atoms with Crippen molar-refractivity contribution in [1.29, 1.82) is 0 Å². The van der Waals surface area contributed by atoms with Crippen molar-refractivity contribution >= 4 is 11.6 Å². The van der Waals surface area contributed by atoms with Gasteiger partial charge in [0.25, 0.3) is 0 Å². The van der Waals surface area contributed by atoms with Crippen LogP contribution in [-0.4, -0.2) is 40.3 Å². The molecule has 6 aliphatic rings. The standard InChI is InChI=1S/C23H32O5/c1-11-13-7-8-14-21-10-28-23(27,22(14,12(13)2)16(11)24)17(25)15(21)19(3,4)9-20(5,6)18(21)26/h12-15,17,25,27H,1,7-10H2,2-6H3/t12-,13+,14+,15-,17+,21+,22+,23-/m1/s1. The van der Waals surface area contributed by atoms with E-state index in [-0.39, 0.29) is 41.3 Å². The fourth-order valence-corrected chi connectivity index (χ4v) is 9.18. The van der Waals surface area contributed by atoms with Gasteiger partial charge in [-0.1, -0.05) is 41.2 Å². The van der Waals surface area contributed by atoms with Crippen molar-refractivity contribution in [2.75, 3.05) is 6.61 Å². The molecule has 6 rings (SSSR count). The molecule has 0 radical (unpaired) electrons. The molecule has 4 bridgehead atoms. The number of allylic oxidation sites excluding steroid dienone is 1. The molecule has 5 nitrogen and oxygen atoms in total. The number of aliphatic hydroxyl groups excluding tert-OH is 1. The van der Waals surface area contributed by atoms with Crippen LogP contribution in [0.5, 0.6) is 0 Å². The van der Waals surface area contributed by atoms with Gasteiger partial charge in [-0.3, -0.25) is 9.59 Å². The van der Waals surface area contributed by atoms with E-state index in [9.17, 15) is 19.8 Å². The Labute approximate surface area is 166 Å². The van der Waals surface area contributed by atoms with Crippen molar-refractivity contribution in [3.8, 4) is 0 Å². The Bertz CT molecular complexity index is 827. The molecule has 2 N–H and O–H groups in total. The molecule has 2 spiro atoms. The smallest absolute Gasteiger partial charge is 0.206 e. The zero-order chi connectivity index (χ0) is 20.7. The van der Waals surface area contributed by atoms with Crippen LogP contribution in [0.4, 0.5) is 0 Å². The van der Waals surface area contributed by atoms with Gasteiger partial charge in [0, 0.05) is 11.3 Å². The quantitative estimate of drug-likeness (QED) is 0.623. The maximum Gasteiger partial charge on any atom is 0.206 e. The molecule has 0 aromatic carbocycles. The van der Waals surface area contributed by atoms with Crippen LogP contribution >= 0.6 is 0 Å². The summed E-state index contributed by atoms with van der Waals surface area (Å²) < 4.78 is 6.00. The van der Waals surface area contributed by atoms with Gasteiger partial charge < -0.3 is 14.9 Å². The third kappa shape index (κ3) is 1.56. The minimum atomic E-state index is -1.96. The zero-order valence-corrected chi connectivity index (χ0v) is 17.5. The molecule has 0 amide bonds. The first-order valence-corrected chi connectivity index (χ1v) is 10.6. The molecule has 4 saturated carbocycles. The van der Waals surface area contributed by atoms with Gasteiger partial charge in [0.2, 0.25) is 5.79 Å². The van der Waals surface area contributed by atoms with E-state index in [1.165, 1.54) is 0 Å². The molecule has 2 saturated heterocycles. The van der Waals surface area contributed by atoms with E-state index in [1.807, 2.05) is 20.8 Å². The van der Waals surface area contributed by atoms with Crippen LogP contribution in [0.1, 0.15) is 53.9 Å². The number of fused-ring (bicyclic) bond motifs is 2. The highest BCUT2D eigenvalue weighted by Gasteiger charge is 2.87. The monoisotopic (exact) mass is 388 g/mol. The SMILES string of the molecule is C=C1C(=O)[C@]23[C@H](C)[C@H]1CC[C@H]2[C@@]12CO[C@]3(O)[C@@H](O)[C@@H]1C(C)(C)CC(C)(C)C2=O. The van der Waals surface area contributed by atoms with Crippen LogP contribution in [0.15, 0.2) is 12.2 Å². The van der Waals surface area contributed by atoms with Gasteiger partial charge in [-0.15, -0.1) is 0 Å². The molecular weight excluding hydrogens is 356 g/mol. The predicted molar refractivity (Wildman–Crippen MR) is 102 cm³/mol. The predicted octanol–water partition coefficient (Wildman–Crippen LogP) is 2.50. The number of rotatable bonds is 0. The highest BCUT2D eigenvalue weighted by atomic mass is 16.6. The molecule has 2 heterocycles. The number of ether oxygens (including phenoxy) is 1. The normalized spacial score (nSPS) is 55.8. The van der Waals surface area contributed by atoms with E-state index in [0.29, 0.717) is 18.4 Å². The molecule has 5 heteroatoms. The minimum absolute atomic E-state index is 0.0162. The van der Waals surface area contributed by atoms with Crippen LogP contribution in [0.3, 0.4) is 0 Å². The molecule has 154 valence electrons. The Morgan fingerprint density at radius 2 is 1.79 bits per heavy atom. The summed E-state index contributed by atoms with van der Waals surface area (Å²) in [4.78, 5) is 27.6. The Morgan fingerprint density at radius 1 is 1.14 bits per heavy atom. The van der Waals surface area contributed by atoms with Crippen LogP contribution in [-0.2, 0) is 14.3 Å². The fourth-order valence-electron chi connectivity index (χ4n) is 9.18. The average Bonchev–Trinajstić information content (AvgIpc) is 2.70. The molecule has 0 aromatic rings. The first-order valence-electron chi connectivity index (χ1n) is 10.6. The van der Waals surface area contributed by atoms with Gasteiger partial charge in [-0.25, -0.2) is 0 Å². The van der Waals surface area contributed by atoms with E-state index in [2.05, 4.69) is 20.4 Å². The summed E-state index contributed by atoms with van der Waals surface area (Å²) in [5.41, 5.74) is -2.64. The highest BCUT2D eigenvalue weighted by Crippen LogP contribution is 2.78. The maximum absolute atomic E-state index is 14.0. The third-order valence-corrected chi connectivity index (χ3v) is 9.55. The number of carbonyl (C=O) groups excluding carboxylic acids is 2. The molecule has 0 unspecified atom stereocenters. The number of hydrogen-bond donors (Lipinski definition) is 2. The molecular formula is C23H32O5.